The summed E-state index contributed by atoms with van der Waals surface area (Å²) in [5.74, 6) is -0.406. The van der Waals surface area contributed by atoms with Crippen molar-refractivity contribution >= 4 is 23.9 Å². The summed E-state index contributed by atoms with van der Waals surface area (Å²) in [4.78, 5) is 38.1. The van der Waals surface area contributed by atoms with E-state index < -0.39 is 11.5 Å². The molecule has 7 heteroatoms. The second-order valence-electron chi connectivity index (χ2n) is 10.5. The molecule has 2 N–H and O–H groups in total. The lowest BCUT2D eigenvalue weighted by molar-refractivity contribution is -0.124. The van der Waals surface area contributed by atoms with E-state index in [2.05, 4.69) is 17.5 Å². The molecule has 2 rings (SSSR count). The van der Waals surface area contributed by atoms with Crippen molar-refractivity contribution in [2.45, 2.75) is 92.6 Å². The van der Waals surface area contributed by atoms with Gasteiger partial charge in [-0.05, 0) is 70.4 Å². The number of ether oxygens (including phenoxy) is 1. The molecule has 0 aromatic carbocycles. The van der Waals surface area contributed by atoms with Crippen molar-refractivity contribution in [1.82, 2.24) is 10.2 Å². The number of likely N-dealkylation sites (tertiary alicyclic amines) is 1. The van der Waals surface area contributed by atoms with Gasteiger partial charge in [-0.25, -0.2) is 4.79 Å². The normalized spacial score (nSPS) is 20.1. The summed E-state index contributed by atoms with van der Waals surface area (Å²) in [6, 6.07) is 0. The number of carbonyl (C=O) groups is 3. The Morgan fingerprint density at radius 1 is 1.25 bits per heavy atom. The molecule has 1 saturated heterocycles. The summed E-state index contributed by atoms with van der Waals surface area (Å²) in [7, 11) is 1.86. The van der Waals surface area contributed by atoms with Crippen molar-refractivity contribution in [2.75, 3.05) is 20.1 Å². The lowest BCUT2D eigenvalue weighted by Gasteiger charge is -2.35. The first-order valence-corrected chi connectivity index (χ1v) is 13.6. The number of amides is 1. The second-order valence-corrected chi connectivity index (χ2v) is 10.5. The van der Waals surface area contributed by atoms with Crippen LogP contribution in [0, 0.1) is 29.1 Å². The Labute approximate surface area is 218 Å². The standard InChI is InChI=1S/C27H43N3O4.C2H6/c1-7-18(2)25(32)22(9-8-16-31)24(28)21-11-10-20(17-23(21)29-6)19-12-14-30(15-13-19)26(33)34-27(3,4)5;1-2/h10,16-19,21-22,28-29H,7-9,11-15H2,1-6H3;1-2H3. The lowest BCUT2D eigenvalue weighted by Crippen LogP contribution is -2.42. The number of Topliss-reactive ketones (excluding diaryl/α,β-unsaturated/α-hetero) is 1. The van der Waals surface area contributed by atoms with Crippen molar-refractivity contribution in [3.8, 4) is 0 Å². The minimum Gasteiger partial charge on any atom is -0.444 e. The van der Waals surface area contributed by atoms with Gasteiger partial charge in [0.1, 0.15) is 17.7 Å². The van der Waals surface area contributed by atoms with Crippen LogP contribution in [-0.4, -0.2) is 54.5 Å². The van der Waals surface area contributed by atoms with Crippen LogP contribution in [0.1, 0.15) is 87.0 Å². The molecule has 0 bridgehead atoms. The number of piperidine rings is 1. The van der Waals surface area contributed by atoms with Crippen LogP contribution in [0.25, 0.3) is 0 Å². The van der Waals surface area contributed by atoms with Crippen molar-refractivity contribution in [3.05, 3.63) is 23.4 Å². The Kier molecular flexibility index (Phi) is 13.1. The van der Waals surface area contributed by atoms with Gasteiger partial charge >= 0.3 is 6.09 Å². The number of ketones is 1. The Morgan fingerprint density at radius 2 is 1.86 bits per heavy atom. The molecule has 3 unspecified atom stereocenters. The van der Waals surface area contributed by atoms with Gasteiger partial charge in [-0.15, -0.1) is 0 Å². The molecule has 1 fully saturated rings. The van der Waals surface area contributed by atoms with E-state index in [4.69, 9.17) is 10.1 Å². The zero-order valence-corrected chi connectivity index (χ0v) is 23.8. The molecule has 1 aliphatic heterocycles. The van der Waals surface area contributed by atoms with Crippen LogP contribution in [0.15, 0.2) is 23.4 Å². The molecule has 36 heavy (non-hydrogen) atoms. The number of hydrogen-bond acceptors (Lipinski definition) is 6. The first-order valence-electron chi connectivity index (χ1n) is 13.6. The van der Waals surface area contributed by atoms with Crippen molar-refractivity contribution < 1.29 is 19.1 Å². The van der Waals surface area contributed by atoms with Crippen molar-refractivity contribution in [2.24, 2.45) is 23.7 Å². The summed E-state index contributed by atoms with van der Waals surface area (Å²) in [5, 5.41) is 12.2. The Morgan fingerprint density at radius 3 is 2.36 bits per heavy atom. The van der Waals surface area contributed by atoms with E-state index >= 15 is 0 Å². The summed E-state index contributed by atoms with van der Waals surface area (Å²) in [6.07, 6.45) is 8.73. The number of allylic oxidation sites excluding steroid dienone is 4. The van der Waals surface area contributed by atoms with E-state index in [-0.39, 0.29) is 30.1 Å². The molecule has 0 spiro atoms. The van der Waals surface area contributed by atoms with Gasteiger partial charge in [-0.2, -0.15) is 0 Å². The van der Waals surface area contributed by atoms with Gasteiger partial charge in [0.15, 0.2) is 0 Å². The molecule has 0 aromatic heterocycles. The van der Waals surface area contributed by atoms with E-state index in [1.807, 2.05) is 55.5 Å². The third kappa shape index (κ3) is 8.90. The highest BCUT2D eigenvalue weighted by Gasteiger charge is 2.34. The number of nitrogens with zero attached hydrogens (tertiary/aromatic N) is 1. The Balaban J connectivity index is 0.00000316. The molecule has 204 valence electrons. The van der Waals surface area contributed by atoms with Crippen LogP contribution in [0.4, 0.5) is 4.79 Å². The number of nitrogens with one attached hydrogen (secondary N) is 2. The van der Waals surface area contributed by atoms with E-state index in [0.717, 1.165) is 31.2 Å². The highest BCUT2D eigenvalue weighted by atomic mass is 16.6. The summed E-state index contributed by atoms with van der Waals surface area (Å²) in [6.45, 7) is 14.8. The maximum absolute atomic E-state index is 13.0. The van der Waals surface area contributed by atoms with Crippen LogP contribution in [0.3, 0.4) is 0 Å². The van der Waals surface area contributed by atoms with Crippen molar-refractivity contribution in [3.63, 3.8) is 0 Å². The fourth-order valence-corrected chi connectivity index (χ4v) is 4.74. The predicted octanol–water partition coefficient (Wildman–Crippen LogP) is 5.94. The minimum atomic E-state index is -0.520. The van der Waals surface area contributed by atoms with Gasteiger partial charge in [0.25, 0.3) is 0 Å². The smallest absolute Gasteiger partial charge is 0.410 e. The van der Waals surface area contributed by atoms with Crippen molar-refractivity contribution in [1.29, 1.82) is 5.41 Å². The summed E-state index contributed by atoms with van der Waals surface area (Å²) >= 11 is 0. The highest BCUT2D eigenvalue weighted by molar-refractivity contribution is 6.06. The molecular formula is C29H49N3O4. The quantitative estimate of drug-likeness (QED) is 0.284. The minimum absolute atomic E-state index is 0.0640. The van der Waals surface area contributed by atoms with E-state index in [1.54, 1.807) is 4.90 Å². The second kappa shape index (κ2) is 15.0. The molecule has 0 aromatic rings. The number of carbonyl (C=O) groups excluding carboxylic acids is 3. The monoisotopic (exact) mass is 503 g/mol. The molecule has 0 radical (unpaired) electrons. The fourth-order valence-electron chi connectivity index (χ4n) is 4.74. The molecule has 2 aliphatic rings. The third-order valence-electron chi connectivity index (χ3n) is 6.96. The maximum atomic E-state index is 13.0. The number of rotatable bonds is 10. The van der Waals surface area contributed by atoms with Gasteiger partial charge in [-0.1, -0.05) is 33.8 Å². The van der Waals surface area contributed by atoms with Gasteiger partial charge in [0, 0.05) is 49.8 Å². The number of hydrogen-bond donors (Lipinski definition) is 2. The van der Waals surface area contributed by atoms with Gasteiger partial charge < -0.3 is 25.2 Å². The zero-order valence-electron chi connectivity index (χ0n) is 23.8. The van der Waals surface area contributed by atoms with Gasteiger partial charge in [-0.3, -0.25) is 4.79 Å². The summed E-state index contributed by atoms with van der Waals surface area (Å²) < 4.78 is 5.50. The maximum Gasteiger partial charge on any atom is 0.410 e. The predicted molar refractivity (Wildman–Crippen MR) is 146 cm³/mol. The first kappa shape index (κ1) is 31.6. The van der Waals surface area contributed by atoms with E-state index in [9.17, 15) is 14.4 Å². The largest absolute Gasteiger partial charge is 0.444 e. The van der Waals surface area contributed by atoms with E-state index in [1.165, 1.54) is 5.57 Å². The number of aldehydes is 1. The molecule has 7 nitrogen and oxygen atoms in total. The van der Waals surface area contributed by atoms with Crippen LogP contribution in [0.2, 0.25) is 0 Å². The van der Waals surface area contributed by atoms with Crippen LogP contribution < -0.4 is 5.32 Å². The summed E-state index contributed by atoms with van der Waals surface area (Å²) in [5.41, 5.74) is 2.09. The fraction of sp³-hybridized carbons (Fsp3) is 0.724. The van der Waals surface area contributed by atoms with Gasteiger partial charge in [0.2, 0.25) is 0 Å². The van der Waals surface area contributed by atoms with Crippen LogP contribution >= 0.6 is 0 Å². The average molecular weight is 504 g/mol. The van der Waals surface area contributed by atoms with Gasteiger partial charge in [0.05, 0.1) is 5.92 Å². The lowest BCUT2D eigenvalue weighted by atomic mass is 9.75. The zero-order chi connectivity index (χ0) is 27.5. The van der Waals surface area contributed by atoms with Crippen LogP contribution in [0.5, 0.6) is 0 Å². The van der Waals surface area contributed by atoms with Crippen LogP contribution in [-0.2, 0) is 14.3 Å². The third-order valence-corrected chi connectivity index (χ3v) is 6.96. The topological polar surface area (TPSA) is 99.6 Å². The molecule has 1 heterocycles. The SMILES string of the molecule is CC.CCC(C)C(=O)C(CCC=O)C(=N)C1CC=C(C2CCN(C(=O)OC(C)(C)C)CC2)C=C1NC. The molecule has 1 aliphatic carbocycles. The Bertz CT molecular complexity index is 817. The molecule has 1 amide bonds. The first-order chi connectivity index (χ1) is 17.0. The molecular weight excluding hydrogens is 454 g/mol. The highest BCUT2D eigenvalue weighted by Crippen LogP contribution is 2.34. The van der Waals surface area contributed by atoms with E-state index in [0.29, 0.717) is 37.6 Å². The molecule has 3 atom stereocenters. The Hall–Kier alpha value is -2.44. The average Bonchev–Trinajstić information content (AvgIpc) is 2.87. The molecule has 0 saturated carbocycles.